The molecule has 2 rings (SSSR count). The van der Waals surface area contributed by atoms with Crippen LogP contribution < -0.4 is 10.4 Å². The molecule has 1 aromatic rings. The van der Waals surface area contributed by atoms with Gasteiger partial charge in [-0.2, -0.15) is 5.06 Å². The number of nitrogens with zero attached hydrogens (tertiary/aromatic N) is 1. The Hall–Kier alpha value is -2.08. The minimum atomic E-state index is -0.834. The van der Waals surface area contributed by atoms with Gasteiger partial charge in [-0.25, -0.2) is 4.79 Å². The van der Waals surface area contributed by atoms with E-state index in [1.165, 1.54) is 0 Å². The molecule has 0 saturated heterocycles. The first-order valence-electron chi connectivity index (χ1n) is 6.80. The molecule has 2 N–H and O–H groups in total. The van der Waals surface area contributed by atoms with Gasteiger partial charge in [0.05, 0.1) is 5.69 Å². The standard InChI is InChI=1S/C15H20N2O4/c1-9-6-5-7-10-8-11(13(18)17(20)12(9)10)16-14(19)21-15(2,3)4/h5-7,11,20H,8H2,1-4H3,(H,16,19). The molecule has 0 spiro atoms. The van der Waals surface area contributed by atoms with Gasteiger partial charge in [0, 0.05) is 6.42 Å². The highest BCUT2D eigenvalue weighted by atomic mass is 16.6. The van der Waals surface area contributed by atoms with Crippen molar-refractivity contribution in [3.63, 3.8) is 0 Å². The first-order chi connectivity index (χ1) is 9.69. The molecule has 0 saturated carbocycles. The van der Waals surface area contributed by atoms with Crippen molar-refractivity contribution in [1.82, 2.24) is 5.32 Å². The fraction of sp³-hybridized carbons (Fsp3) is 0.467. The number of nitrogens with one attached hydrogen (secondary N) is 1. The predicted molar refractivity (Wildman–Crippen MR) is 77.3 cm³/mol. The number of carbonyl (C=O) groups is 2. The van der Waals surface area contributed by atoms with Crippen LogP contribution in [0.2, 0.25) is 0 Å². The molecule has 6 heteroatoms. The van der Waals surface area contributed by atoms with Crippen LogP contribution in [0.1, 0.15) is 31.9 Å². The van der Waals surface area contributed by atoms with Crippen molar-refractivity contribution in [3.8, 4) is 0 Å². The van der Waals surface area contributed by atoms with Gasteiger partial charge in [-0.15, -0.1) is 0 Å². The monoisotopic (exact) mass is 292 g/mol. The topological polar surface area (TPSA) is 78.9 Å². The first-order valence-corrected chi connectivity index (χ1v) is 6.80. The minimum Gasteiger partial charge on any atom is -0.444 e. The van der Waals surface area contributed by atoms with E-state index in [1.54, 1.807) is 20.8 Å². The maximum atomic E-state index is 12.1. The van der Waals surface area contributed by atoms with Crippen LogP contribution in [0.4, 0.5) is 10.5 Å². The zero-order chi connectivity index (χ0) is 15.8. The third kappa shape index (κ3) is 3.33. The van der Waals surface area contributed by atoms with Crippen LogP contribution in [-0.4, -0.2) is 28.9 Å². The van der Waals surface area contributed by atoms with E-state index >= 15 is 0 Å². The van der Waals surface area contributed by atoms with E-state index < -0.39 is 23.6 Å². The lowest BCUT2D eigenvalue weighted by atomic mass is 9.96. The van der Waals surface area contributed by atoms with E-state index in [0.29, 0.717) is 17.2 Å². The van der Waals surface area contributed by atoms with E-state index in [9.17, 15) is 14.8 Å². The number of amides is 2. The Morgan fingerprint density at radius 3 is 2.71 bits per heavy atom. The summed E-state index contributed by atoms with van der Waals surface area (Å²) in [4.78, 5) is 23.9. The molecule has 114 valence electrons. The highest BCUT2D eigenvalue weighted by molar-refractivity contribution is 6.00. The number of hydrogen-bond acceptors (Lipinski definition) is 4. The summed E-state index contributed by atoms with van der Waals surface area (Å²) in [6.45, 7) is 7.04. The zero-order valence-corrected chi connectivity index (χ0v) is 12.6. The van der Waals surface area contributed by atoms with Crippen LogP contribution in [0.3, 0.4) is 0 Å². The Morgan fingerprint density at radius 1 is 1.43 bits per heavy atom. The molecule has 1 aromatic carbocycles. The summed E-state index contributed by atoms with van der Waals surface area (Å²) < 4.78 is 5.13. The SMILES string of the molecule is Cc1cccc2c1N(O)C(=O)C(NC(=O)OC(C)(C)C)C2. The normalized spacial score (nSPS) is 18.2. The number of para-hydroxylation sites is 1. The number of rotatable bonds is 1. The molecule has 1 atom stereocenters. The first kappa shape index (κ1) is 15.3. The third-order valence-electron chi connectivity index (χ3n) is 3.15. The van der Waals surface area contributed by atoms with Crippen LogP contribution in [0.5, 0.6) is 0 Å². The van der Waals surface area contributed by atoms with E-state index in [-0.39, 0.29) is 0 Å². The van der Waals surface area contributed by atoms with Crippen molar-refractivity contribution in [2.45, 2.75) is 45.8 Å². The van der Waals surface area contributed by atoms with Gasteiger partial charge in [0.15, 0.2) is 0 Å². The fourth-order valence-electron chi connectivity index (χ4n) is 2.32. The summed E-state index contributed by atoms with van der Waals surface area (Å²) in [7, 11) is 0. The molecule has 6 nitrogen and oxygen atoms in total. The lowest BCUT2D eigenvalue weighted by molar-refractivity contribution is -0.126. The molecule has 0 aromatic heterocycles. The van der Waals surface area contributed by atoms with Crippen molar-refractivity contribution >= 4 is 17.7 Å². The second-order valence-electron chi connectivity index (χ2n) is 6.14. The second-order valence-corrected chi connectivity index (χ2v) is 6.14. The molecular weight excluding hydrogens is 272 g/mol. The number of alkyl carbamates (subject to hydrolysis) is 1. The number of hydroxylamine groups is 1. The molecule has 1 heterocycles. The van der Waals surface area contributed by atoms with Gasteiger partial charge in [0.2, 0.25) is 0 Å². The quantitative estimate of drug-likeness (QED) is 0.777. The predicted octanol–water partition coefficient (Wildman–Crippen LogP) is 2.17. The lowest BCUT2D eigenvalue weighted by Crippen LogP contribution is -2.52. The van der Waals surface area contributed by atoms with Gasteiger partial charge in [-0.05, 0) is 38.8 Å². The van der Waals surface area contributed by atoms with Gasteiger partial charge in [0.1, 0.15) is 11.6 Å². The maximum absolute atomic E-state index is 12.1. The Morgan fingerprint density at radius 2 is 2.10 bits per heavy atom. The van der Waals surface area contributed by atoms with E-state index in [0.717, 1.165) is 11.1 Å². The number of ether oxygens (including phenoxy) is 1. The molecule has 0 fully saturated rings. The van der Waals surface area contributed by atoms with Crippen LogP contribution >= 0.6 is 0 Å². The van der Waals surface area contributed by atoms with Gasteiger partial charge >= 0.3 is 6.09 Å². The third-order valence-corrected chi connectivity index (χ3v) is 3.15. The summed E-state index contributed by atoms with van der Waals surface area (Å²) in [5.41, 5.74) is 1.46. The number of aryl methyl sites for hydroxylation is 1. The molecule has 21 heavy (non-hydrogen) atoms. The smallest absolute Gasteiger partial charge is 0.408 e. The van der Waals surface area contributed by atoms with Gasteiger partial charge < -0.3 is 10.1 Å². The molecular formula is C15H20N2O4. The van der Waals surface area contributed by atoms with Crippen molar-refractivity contribution < 1.29 is 19.5 Å². The summed E-state index contributed by atoms with van der Waals surface area (Å²) in [6.07, 6.45) is -0.350. The Kier molecular flexibility index (Phi) is 3.91. The minimum absolute atomic E-state index is 0.326. The average molecular weight is 292 g/mol. The summed E-state index contributed by atoms with van der Waals surface area (Å²) in [5, 5.41) is 13.1. The number of benzene rings is 1. The Labute approximate surface area is 123 Å². The Balaban J connectivity index is 2.17. The van der Waals surface area contributed by atoms with Crippen molar-refractivity contribution in [2.75, 3.05) is 5.06 Å². The summed E-state index contributed by atoms with van der Waals surface area (Å²) >= 11 is 0. The van der Waals surface area contributed by atoms with Gasteiger partial charge in [-0.3, -0.25) is 10.0 Å². The molecule has 2 amide bonds. The summed E-state index contributed by atoms with van der Waals surface area (Å²) in [5.74, 6) is -0.567. The molecule has 1 aliphatic rings. The average Bonchev–Trinajstić information content (AvgIpc) is 2.33. The molecule has 0 radical (unpaired) electrons. The number of hydrogen-bond donors (Lipinski definition) is 2. The zero-order valence-electron chi connectivity index (χ0n) is 12.6. The highest BCUT2D eigenvalue weighted by Crippen LogP contribution is 2.30. The molecule has 1 aliphatic heterocycles. The molecule has 1 unspecified atom stereocenters. The van der Waals surface area contributed by atoms with Gasteiger partial charge in [0.25, 0.3) is 5.91 Å². The Bertz CT molecular complexity index is 578. The second kappa shape index (κ2) is 5.37. The van der Waals surface area contributed by atoms with E-state index in [2.05, 4.69) is 5.32 Å². The van der Waals surface area contributed by atoms with E-state index in [4.69, 9.17) is 4.74 Å². The molecule has 0 aliphatic carbocycles. The van der Waals surface area contributed by atoms with Crippen molar-refractivity contribution in [3.05, 3.63) is 29.3 Å². The molecule has 0 bridgehead atoms. The number of fused-ring (bicyclic) bond motifs is 1. The maximum Gasteiger partial charge on any atom is 0.408 e. The van der Waals surface area contributed by atoms with Crippen LogP contribution in [-0.2, 0) is 16.0 Å². The van der Waals surface area contributed by atoms with Crippen LogP contribution in [0.25, 0.3) is 0 Å². The van der Waals surface area contributed by atoms with Crippen LogP contribution in [0, 0.1) is 6.92 Å². The fourth-order valence-corrected chi connectivity index (χ4v) is 2.32. The number of carbonyl (C=O) groups excluding carboxylic acids is 2. The summed E-state index contributed by atoms with van der Waals surface area (Å²) in [6, 6.07) is 4.65. The van der Waals surface area contributed by atoms with Crippen LogP contribution in [0.15, 0.2) is 18.2 Å². The largest absolute Gasteiger partial charge is 0.444 e. The van der Waals surface area contributed by atoms with E-state index in [1.807, 2.05) is 25.1 Å². The van der Waals surface area contributed by atoms with Crippen molar-refractivity contribution in [1.29, 1.82) is 0 Å². The lowest BCUT2D eigenvalue weighted by Gasteiger charge is -2.31. The number of anilines is 1. The van der Waals surface area contributed by atoms with Gasteiger partial charge in [-0.1, -0.05) is 18.2 Å². The van der Waals surface area contributed by atoms with Crippen molar-refractivity contribution in [2.24, 2.45) is 0 Å². The highest BCUT2D eigenvalue weighted by Gasteiger charge is 2.35.